The summed E-state index contributed by atoms with van der Waals surface area (Å²) in [5, 5.41) is 5.15. The molecule has 2 aliphatic rings. The lowest BCUT2D eigenvalue weighted by Gasteiger charge is -2.26. The van der Waals surface area contributed by atoms with E-state index in [0.717, 1.165) is 24.1 Å². The normalized spacial score (nSPS) is 31.7. The number of carbonyl (C=O) groups is 2. The van der Waals surface area contributed by atoms with Crippen molar-refractivity contribution in [1.82, 2.24) is 10.2 Å². The number of hydrogen-bond acceptors (Lipinski definition) is 4. The SMILES string of the molecule is CN1C(=O)C[C@H](C(=O)N[C@@H]2CCC[C@@H]2CN)[C@@H]1c1cccs1. The Morgan fingerprint density at radius 1 is 1.50 bits per heavy atom. The quantitative estimate of drug-likeness (QED) is 0.882. The van der Waals surface area contributed by atoms with Crippen LogP contribution in [0.3, 0.4) is 0 Å². The Morgan fingerprint density at radius 3 is 3.00 bits per heavy atom. The van der Waals surface area contributed by atoms with E-state index in [1.54, 1.807) is 23.3 Å². The van der Waals surface area contributed by atoms with E-state index in [4.69, 9.17) is 5.73 Å². The predicted molar refractivity (Wildman–Crippen MR) is 86.3 cm³/mol. The van der Waals surface area contributed by atoms with Crippen molar-refractivity contribution in [2.45, 2.75) is 37.8 Å². The molecule has 1 saturated heterocycles. The van der Waals surface area contributed by atoms with Crippen molar-refractivity contribution >= 4 is 23.2 Å². The van der Waals surface area contributed by atoms with E-state index in [1.807, 2.05) is 17.5 Å². The highest BCUT2D eigenvalue weighted by Gasteiger charge is 2.44. The lowest BCUT2D eigenvalue weighted by atomic mass is 9.96. The molecule has 2 heterocycles. The van der Waals surface area contributed by atoms with Crippen LogP contribution in [0.25, 0.3) is 0 Å². The summed E-state index contributed by atoms with van der Waals surface area (Å²) in [6.45, 7) is 0.614. The minimum absolute atomic E-state index is 0.00134. The van der Waals surface area contributed by atoms with Gasteiger partial charge in [0.2, 0.25) is 11.8 Å². The molecule has 0 aromatic carbocycles. The van der Waals surface area contributed by atoms with Gasteiger partial charge in [0, 0.05) is 24.4 Å². The molecule has 2 amide bonds. The van der Waals surface area contributed by atoms with Gasteiger partial charge < -0.3 is 16.0 Å². The summed E-state index contributed by atoms with van der Waals surface area (Å²) in [6.07, 6.45) is 3.49. The fraction of sp³-hybridized carbons (Fsp3) is 0.625. The van der Waals surface area contributed by atoms with Gasteiger partial charge in [-0.1, -0.05) is 12.5 Å². The van der Waals surface area contributed by atoms with E-state index in [9.17, 15) is 9.59 Å². The number of thiophene rings is 1. The minimum Gasteiger partial charge on any atom is -0.353 e. The first-order valence-corrected chi connectivity index (χ1v) is 8.79. The van der Waals surface area contributed by atoms with Crippen molar-refractivity contribution < 1.29 is 9.59 Å². The summed E-state index contributed by atoms with van der Waals surface area (Å²) < 4.78 is 0. The van der Waals surface area contributed by atoms with E-state index in [-0.39, 0.29) is 29.8 Å². The first-order chi connectivity index (χ1) is 10.6. The van der Waals surface area contributed by atoms with Crippen molar-refractivity contribution in [1.29, 1.82) is 0 Å². The van der Waals surface area contributed by atoms with Crippen LogP contribution in [0.15, 0.2) is 17.5 Å². The van der Waals surface area contributed by atoms with Gasteiger partial charge >= 0.3 is 0 Å². The molecule has 1 aromatic heterocycles. The summed E-state index contributed by atoms with van der Waals surface area (Å²) in [5.74, 6) is 0.121. The van der Waals surface area contributed by atoms with Crippen LogP contribution >= 0.6 is 11.3 Å². The van der Waals surface area contributed by atoms with Gasteiger partial charge in [0.15, 0.2) is 0 Å². The molecule has 4 atom stereocenters. The summed E-state index contributed by atoms with van der Waals surface area (Å²) in [5.41, 5.74) is 5.79. The molecule has 3 N–H and O–H groups in total. The maximum absolute atomic E-state index is 12.7. The Bertz CT molecular complexity index is 546. The summed E-state index contributed by atoms with van der Waals surface area (Å²) in [6, 6.07) is 4.00. The van der Waals surface area contributed by atoms with E-state index in [2.05, 4.69) is 5.32 Å². The lowest BCUT2D eigenvalue weighted by Crippen LogP contribution is -2.43. The fourth-order valence-corrected chi connectivity index (χ4v) is 4.69. The zero-order valence-corrected chi connectivity index (χ0v) is 13.6. The Labute approximate surface area is 134 Å². The highest BCUT2D eigenvalue weighted by molar-refractivity contribution is 7.10. The number of amides is 2. The second-order valence-corrected chi connectivity index (χ2v) is 7.30. The van der Waals surface area contributed by atoms with Crippen molar-refractivity contribution in [2.75, 3.05) is 13.6 Å². The van der Waals surface area contributed by atoms with E-state index in [0.29, 0.717) is 18.9 Å². The number of rotatable bonds is 4. The number of nitrogens with zero attached hydrogens (tertiary/aromatic N) is 1. The molecule has 5 nitrogen and oxygen atoms in total. The third-order valence-electron chi connectivity index (χ3n) is 5.05. The zero-order chi connectivity index (χ0) is 15.7. The number of hydrogen-bond donors (Lipinski definition) is 2. The molecule has 1 aliphatic carbocycles. The van der Waals surface area contributed by atoms with Crippen LogP contribution in [0.2, 0.25) is 0 Å². The summed E-state index contributed by atoms with van der Waals surface area (Å²) >= 11 is 1.60. The largest absolute Gasteiger partial charge is 0.353 e. The molecule has 0 spiro atoms. The zero-order valence-electron chi connectivity index (χ0n) is 12.8. The molecule has 0 bridgehead atoms. The first kappa shape index (κ1) is 15.5. The van der Waals surface area contributed by atoms with Gasteiger partial charge in [-0.2, -0.15) is 0 Å². The smallest absolute Gasteiger partial charge is 0.226 e. The molecule has 1 aliphatic heterocycles. The third-order valence-corrected chi connectivity index (χ3v) is 5.99. The molecule has 2 fully saturated rings. The van der Waals surface area contributed by atoms with Crippen LogP contribution in [0.4, 0.5) is 0 Å². The monoisotopic (exact) mass is 321 g/mol. The second-order valence-electron chi connectivity index (χ2n) is 6.32. The van der Waals surface area contributed by atoms with Gasteiger partial charge in [0.25, 0.3) is 0 Å². The van der Waals surface area contributed by atoms with Crippen LogP contribution in [0, 0.1) is 11.8 Å². The molecule has 6 heteroatoms. The molecule has 22 heavy (non-hydrogen) atoms. The van der Waals surface area contributed by atoms with Crippen LogP contribution in [-0.2, 0) is 9.59 Å². The van der Waals surface area contributed by atoms with Crippen LogP contribution in [0.1, 0.15) is 36.6 Å². The van der Waals surface area contributed by atoms with Crippen LogP contribution in [0.5, 0.6) is 0 Å². The Hall–Kier alpha value is -1.40. The van der Waals surface area contributed by atoms with Crippen LogP contribution in [-0.4, -0.2) is 36.3 Å². The molecule has 1 saturated carbocycles. The molecule has 0 unspecified atom stereocenters. The van der Waals surface area contributed by atoms with E-state index in [1.165, 1.54) is 0 Å². The van der Waals surface area contributed by atoms with Crippen molar-refractivity contribution in [2.24, 2.45) is 17.6 Å². The van der Waals surface area contributed by atoms with E-state index < -0.39 is 0 Å². The highest BCUT2D eigenvalue weighted by atomic mass is 32.1. The third kappa shape index (κ3) is 2.77. The first-order valence-electron chi connectivity index (χ1n) is 7.91. The average Bonchev–Trinajstić information content (AvgIpc) is 3.21. The molecular formula is C16H23N3O2S. The van der Waals surface area contributed by atoms with Gasteiger partial charge in [0.05, 0.1) is 12.0 Å². The fourth-order valence-electron chi connectivity index (χ4n) is 3.75. The Kier molecular flexibility index (Phi) is 4.49. The summed E-state index contributed by atoms with van der Waals surface area (Å²) in [7, 11) is 1.79. The molecule has 0 radical (unpaired) electrons. The molecule has 3 rings (SSSR count). The van der Waals surface area contributed by atoms with E-state index >= 15 is 0 Å². The van der Waals surface area contributed by atoms with Gasteiger partial charge in [0.1, 0.15) is 0 Å². The minimum atomic E-state index is -0.296. The molecule has 1 aromatic rings. The molecular weight excluding hydrogens is 298 g/mol. The standard InChI is InChI=1S/C16H23N3O2S/c1-19-14(20)8-11(15(19)13-6-3-7-22-13)16(21)18-12-5-2-4-10(12)9-17/h3,6-7,10-12,15H,2,4-5,8-9,17H2,1H3,(H,18,21)/t10-,11+,12-,15-/m1/s1. The predicted octanol–water partition coefficient (Wildman–Crippen LogP) is 1.51. The van der Waals surface area contributed by atoms with Crippen molar-refractivity contribution in [3.05, 3.63) is 22.4 Å². The van der Waals surface area contributed by atoms with Crippen LogP contribution < -0.4 is 11.1 Å². The van der Waals surface area contributed by atoms with Gasteiger partial charge in [-0.15, -0.1) is 11.3 Å². The van der Waals surface area contributed by atoms with Crippen molar-refractivity contribution in [3.63, 3.8) is 0 Å². The number of carbonyl (C=O) groups excluding carboxylic acids is 2. The number of nitrogens with one attached hydrogen (secondary N) is 1. The number of likely N-dealkylation sites (tertiary alicyclic amines) is 1. The molecule has 120 valence electrons. The highest BCUT2D eigenvalue weighted by Crippen LogP contribution is 2.39. The topological polar surface area (TPSA) is 75.4 Å². The maximum atomic E-state index is 12.7. The van der Waals surface area contributed by atoms with Gasteiger partial charge in [-0.3, -0.25) is 9.59 Å². The number of nitrogens with two attached hydrogens (primary N) is 1. The maximum Gasteiger partial charge on any atom is 0.226 e. The Balaban J connectivity index is 1.74. The second kappa shape index (κ2) is 6.38. The lowest BCUT2D eigenvalue weighted by molar-refractivity contribution is -0.128. The average molecular weight is 321 g/mol. The van der Waals surface area contributed by atoms with Crippen molar-refractivity contribution in [3.8, 4) is 0 Å². The van der Waals surface area contributed by atoms with Gasteiger partial charge in [-0.25, -0.2) is 0 Å². The summed E-state index contributed by atoms with van der Waals surface area (Å²) in [4.78, 5) is 27.6. The Morgan fingerprint density at radius 2 is 2.32 bits per heavy atom. The van der Waals surface area contributed by atoms with Gasteiger partial charge in [-0.05, 0) is 36.8 Å².